The molecule has 1 aliphatic rings. The summed E-state index contributed by atoms with van der Waals surface area (Å²) in [7, 11) is 0. The number of nitrogens with zero attached hydrogens (tertiary/aromatic N) is 3. The van der Waals surface area contributed by atoms with Crippen LogP contribution in [0.3, 0.4) is 0 Å². The summed E-state index contributed by atoms with van der Waals surface area (Å²) in [6.07, 6.45) is 3.95. The molecule has 1 aromatic carbocycles. The van der Waals surface area contributed by atoms with Crippen LogP contribution in [0.15, 0.2) is 48.8 Å². The van der Waals surface area contributed by atoms with E-state index in [1.807, 2.05) is 19.1 Å². The van der Waals surface area contributed by atoms with Gasteiger partial charge < -0.3 is 19.3 Å². The summed E-state index contributed by atoms with van der Waals surface area (Å²) >= 11 is 0. The van der Waals surface area contributed by atoms with Crippen molar-refractivity contribution in [1.82, 2.24) is 14.8 Å². The van der Waals surface area contributed by atoms with Crippen molar-refractivity contribution >= 4 is 11.8 Å². The Morgan fingerprint density at radius 1 is 0.964 bits per heavy atom. The minimum atomic E-state index is -0.0791. The van der Waals surface area contributed by atoms with Crippen molar-refractivity contribution in [1.29, 1.82) is 0 Å². The number of ether oxygens (including phenoxy) is 2. The van der Waals surface area contributed by atoms with Gasteiger partial charge in [0, 0.05) is 38.6 Å². The Balaban J connectivity index is 1.49. The number of carbonyl (C=O) groups excluding carboxylic acids is 2. The van der Waals surface area contributed by atoms with Gasteiger partial charge in [-0.05, 0) is 49.7 Å². The van der Waals surface area contributed by atoms with Crippen LogP contribution in [0.1, 0.15) is 23.7 Å². The van der Waals surface area contributed by atoms with Gasteiger partial charge in [0.15, 0.2) is 6.61 Å². The van der Waals surface area contributed by atoms with Crippen molar-refractivity contribution in [3.8, 4) is 11.5 Å². The lowest BCUT2D eigenvalue weighted by Crippen LogP contribution is -2.39. The van der Waals surface area contributed by atoms with Crippen molar-refractivity contribution in [2.24, 2.45) is 0 Å². The van der Waals surface area contributed by atoms with Gasteiger partial charge in [0.1, 0.15) is 11.5 Å². The first kappa shape index (κ1) is 19.7. The van der Waals surface area contributed by atoms with Gasteiger partial charge in [-0.2, -0.15) is 0 Å². The number of hydrogen-bond donors (Lipinski definition) is 0. The molecule has 0 radical (unpaired) electrons. The fourth-order valence-corrected chi connectivity index (χ4v) is 3.08. The average molecular weight is 383 g/mol. The lowest BCUT2D eigenvalue weighted by atomic mass is 10.2. The Kier molecular flexibility index (Phi) is 6.84. The second-order valence-electron chi connectivity index (χ2n) is 6.46. The third kappa shape index (κ3) is 5.22. The first-order chi connectivity index (χ1) is 13.7. The first-order valence-corrected chi connectivity index (χ1v) is 9.50. The molecule has 0 aliphatic carbocycles. The van der Waals surface area contributed by atoms with Crippen molar-refractivity contribution in [3.05, 3.63) is 54.4 Å². The van der Waals surface area contributed by atoms with Crippen molar-refractivity contribution in [2.45, 2.75) is 13.3 Å². The maximum absolute atomic E-state index is 12.6. The van der Waals surface area contributed by atoms with E-state index in [-0.39, 0.29) is 18.4 Å². The summed E-state index contributed by atoms with van der Waals surface area (Å²) in [5, 5.41) is 0. The number of aromatic nitrogens is 1. The van der Waals surface area contributed by atoms with Crippen molar-refractivity contribution < 1.29 is 19.1 Å². The first-order valence-electron chi connectivity index (χ1n) is 9.50. The monoisotopic (exact) mass is 383 g/mol. The van der Waals surface area contributed by atoms with E-state index in [0.29, 0.717) is 44.1 Å². The molecule has 28 heavy (non-hydrogen) atoms. The van der Waals surface area contributed by atoms with Crippen LogP contribution in [0.25, 0.3) is 0 Å². The Hall–Kier alpha value is -3.09. The molecular weight excluding hydrogens is 358 g/mol. The molecule has 7 heteroatoms. The summed E-state index contributed by atoms with van der Waals surface area (Å²) in [5.41, 5.74) is 0.570. The highest BCUT2D eigenvalue weighted by atomic mass is 16.5. The van der Waals surface area contributed by atoms with Crippen LogP contribution in [-0.2, 0) is 4.79 Å². The van der Waals surface area contributed by atoms with Gasteiger partial charge in [0.05, 0.1) is 12.2 Å². The van der Waals surface area contributed by atoms with E-state index in [2.05, 4.69) is 4.98 Å². The molecule has 1 aromatic heterocycles. The zero-order chi connectivity index (χ0) is 19.8. The molecule has 2 amide bonds. The number of benzene rings is 1. The molecule has 7 nitrogen and oxygen atoms in total. The normalized spacial score (nSPS) is 14.3. The molecule has 0 N–H and O–H groups in total. The van der Waals surface area contributed by atoms with Gasteiger partial charge >= 0.3 is 0 Å². The van der Waals surface area contributed by atoms with E-state index >= 15 is 0 Å². The Bertz CT molecular complexity index is 780. The Morgan fingerprint density at radius 2 is 1.64 bits per heavy atom. The van der Waals surface area contributed by atoms with E-state index in [4.69, 9.17) is 9.47 Å². The molecule has 1 saturated heterocycles. The van der Waals surface area contributed by atoms with Gasteiger partial charge in [-0.15, -0.1) is 0 Å². The van der Waals surface area contributed by atoms with Crippen LogP contribution in [0, 0.1) is 0 Å². The smallest absolute Gasteiger partial charge is 0.260 e. The molecule has 3 rings (SSSR count). The van der Waals surface area contributed by atoms with E-state index in [9.17, 15) is 9.59 Å². The number of hydrogen-bond acceptors (Lipinski definition) is 5. The molecule has 1 fully saturated rings. The van der Waals surface area contributed by atoms with Crippen LogP contribution in [0.4, 0.5) is 0 Å². The maximum atomic E-state index is 12.6. The molecular formula is C21H25N3O4. The Labute approximate surface area is 164 Å². The summed E-state index contributed by atoms with van der Waals surface area (Å²) in [4.78, 5) is 32.6. The SMILES string of the molecule is CCOc1ccc(OCC(=O)N2CCCN(C(=O)c3cccnc3)CC2)cc1. The molecule has 0 spiro atoms. The second kappa shape index (κ2) is 9.73. The molecule has 2 heterocycles. The van der Waals surface area contributed by atoms with Gasteiger partial charge in [-0.3, -0.25) is 14.6 Å². The quantitative estimate of drug-likeness (QED) is 0.765. The van der Waals surface area contributed by atoms with Gasteiger partial charge in [-0.1, -0.05) is 0 Å². The number of pyridine rings is 1. The predicted molar refractivity (Wildman–Crippen MR) is 104 cm³/mol. The molecule has 148 valence electrons. The topological polar surface area (TPSA) is 72.0 Å². The highest BCUT2D eigenvalue weighted by molar-refractivity contribution is 5.94. The molecule has 0 saturated carbocycles. The lowest BCUT2D eigenvalue weighted by molar-refractivity contribution is -0.133. The summed E-state index contributed by atoms with van der Waals surface area (Å²) in [5.74, 6) is 1.27. The molecule has 0 atom stereocenters. The predicted octanol–water partition coefficient (Wildman–Crippen LogP) is 2.23. The van der Waals surface area contributed by atoms with Gasteiger partial charge in [0.25, 0.3) is 11.8 Å². The minimum Gasteiger partial charge on any atom is -0.494 e. The highest BCUT2D eigenvalue weighted by Crippen LogP contribution is 2.17. The standard InChI is InChI=1S/C21H25N3O4/c1-2-27-18-6-8-19(9-7-18)28-16-20(25)23-11-4-12-24(14-13-23)21(26)17-5-3-10-22-15-17/h3,5-10,15H,2,4,11-14,16H2,1H3. The average Bonchev–Trinajstić information content (AvgIpc) is 3.00. The maximum Gasteiger partial charge on any atom is 0.260 e. The van der Waals surface area contributed by atoms with Crippen LogP contribution in [-0.4, -0.2) is 66.0 Å². The molecule has 0 bridgehead atoms. The summed E-state index contributed by atoms with van der Waals surface area (Å²) in [6.45, 7) is 4.74. The fourth-order valence-electron chi connectivity index (χ4n) is 3.08. The van der Waals surface area contributed by atoms with Crippen molar-refractivity contribution in [2.75, 3.05) is 39.4 Å². The van der Waals surface area contributed by atoms with Crippen LogP contribution < -0.4 is 9.47 Å². The highest BCUT2D eigenvalue weighted by Gasteiger charge is 2.23. The summed E-state index contributed by atoms with van der Waals surface area (Å²) in [6, 6.07) is 10.7. The molecule has 0 unspecified atom stereocenters. The minimum absolute atomic E-state index is 0.0233. The number of rotatable bonds is 6. The lowest BCUT2D eigenvalue weighted by Gasteiger charge is -2.22. The van der Waals surface area contributed by atoms with Crippen LogP contribution in [0.2, 0.25) is 0 Å². The van der Waals surface area contributed by atoms with Gasteiger partial charge in [-0.25, -0.2) is 0 Å². The molecule has 2 aromatic rings. The van der Waals surface area contributed by atoms with E-state index in [0.717, 1.165) is 12.2 Å². The largest absolute Gasteiger partial charge is 0.494 e. The van der Waals surface area contributed by atoms with E-state index in [1.165, 1.54) is 0 Å². The van der Waals surface area contributed by atoms with Crippen molar-refractivity contribution in [3.63, 3.8) is 0 Å². The zero-order valence-corrected chi connectivity index (χ0v) is 16.0. The van der Waals surface area contributed by atoms with Crippen LogP contribution in [0.5, 0.6) is 11.5 Å². The zero-order valence-electron chi connectivity index (χ0n) is 16.0. The van der Waals surface area contributed by atoms with Gasteiger partial charge in [0.2, 0.25) is 0 Å². The number of carbonyl (C=O) groups is 2. The fraction of sp³-hybridized carbons (Fsp3) is 0.381. The molecule has 1 aliphatic heterocycles. The Morgan fingerprint density at radius 3 is 2.32 bits per heavy atom. The van der Waals surface area contributed by atoms with Crippen LogP contribution >= 0.6 is 0 Å². The number of amides is 2. The van der Waals surface area contributed by atoms with E-state index < -0.39 is 0 Å². The third-order valence-electron chi connectivity index (χ3n) is 4.54. The summed E-state index contributed by atoms with van der Waals surface area (Å²) < 4.78 is 11.0. The third-order valence-corrected chi connectivity index (χ3v) is 4.54. The second-order valence-corrected chi connectivity index (χ2v) is 6.46. The van der Waals surface area contributed by atoms with E-state index in [1.54, 1.807) is 46.5 Å².